The molecule has 1 aliphatic heterocycles. The molecule has 8 nitrogen and oxygen atoms in total. The first-order valence-corrected chi connectivity index (χ1v) is 9.56. The molecule has 9 heteroatoms. The van der Waals surface area contributed by atoms with E-state index in [9.17, 15) is 8.42 Å². The lowest BCUT2D eigenvalue weighted by Crippen LogP contribution is -2.48. The van der Waals surface area contributed by atoms with Crippen LogP contribution >= 0.6 is 0 Å². The number of aryl methyl sites for hydroxylation is 2. The molecular weight excluding hydrogens is 342 g/mol. The van der Waals surface area contributed by atoms with Crippen LogP contribution in [0.2, 0.25) is 0 Å². The van der Waals surface area contributed by atoms with Crippen LogP contribution in [0.1, 0.15) is 11.5 Å². The first kappa shape index (κ1) is 17.8. The van der Waals surface area contributed by atoms with Crippen molar-refractivity contribution in [3.8, 4) is 5.88 Å². The van der Waals surface area contributed by atoms with Crippen LogP contribution in [0.5, 0.6) is 5.88 Å². The Morgan fingerprint density at radius 1 is 1.16 bits per heavy atom. The van der Waals surface area contributed by atoms with Crippen LogP contribution in [0.3, 0.4) is 0 Å². The molecule has 2 aromatic rings. The van der Waals surface area contributed by atoms with Gasteiger partial charge in [0.15, 0.2) is 5.03 Å². The van der Waals surface area contributed by atoms with E-state index in [1.807, 2.05) is 18.2 Å². The Balaban J connectivity index is 1.63. The second-order valence-electron chi connectivity index (χ2n) is 6.09. The average molecular weight is 365 g/mol. The second-order valence-corrected chi connectivity index (χ2v) is 7.97. The van der Waals surface area contributed by atoms with Gasteiger partial charge in [0.05, 0.1) is 12.8 Å². The molecule has 1 saturated heterocycles. The van der Waals surface area contributed by atoms with E-state index in [4.69, 9.17) is 4.74 Å². The molecule has 0 saturated carbocycles. The van der Waals surface area contributed by atoms with E-state index in [2.05, 4.69) is 14.9 Å². The summed E-state index contributed by atoms with van der Waals surface area (Å²) in [7, 11) is -0.147. The normalized spacial score (nSPS) is 16.9. The van der Waals surface area contributed by atoms with E-state index in [-0.39, 0.29) is 5.03 Å². The van der Waals surface area contributed by atoms with Gasteiger partial charge in [-0.3, -0.25) is 4.90 Å². The van der Waals surface area contributed by atoms with Gasteiger partial charge in [0.25, 0.3) is 10.0 Å². The molecule has 136 valence electrons. The lowest BCUT2D eigenvalue weighted by Gasteiger charge is -2.33. The number of hydrogen-bond acceptors (Lipinski definition) is 6. The molecule has 1 fully saturated rings. The molecule has 0 N–H and O–H groups in total. The van der Waals surface area contributed by atoms with E-state index in [0.29, 0.717) is 44.4 Å². The van der Waals surface area contributed by atoms with Gasteiger partial charge in [-0.05, 0) is 13.0 Å². The Labute approximate surface area is 148 Å². The minimum atomic E-state index is -3.53. The molecule has 0 atom stereocenters. The van der Waals surface area contributed by atoms with Gasteiger partial charge in [-0.1, -0.05) is 6.07 Å². The molecule has 0 unspecified atom stereocenters. The summed E-state index contributed by atoms with van der Waals surface area (Å²) < 4.78 is 33.8. The van der Waals surface area contributed by atoms with E-state index in [1.54, 1.807) is 31.8 Å². The van der Waals surface area contributed by atoms with Crippen LogP contribution in [0.15, 0.2) is 29.4 Å². The molecule has 1 aliphatic rings. The Hall–Kier alpha value is -1.97. The molecule has 3 rings (SSSR count). The standard InChI is InChI=1S/C16H23N5O3S/c1-13-17-16(12-19(13)2)25(22,23)21-9-7-20(8-10-21)11-14-5-4-6-15(18-14)24-3/h4-6,12H,7-11H2,1-3H3. The largest absolute Gasteiger partial charge is 0.481 e. The molecule has 3 heterocycles. The summed E-state index contributed by atoms with van der Waals surface area (Å²) in [4.78, 5) is 10.8. The summed E-state index contributed by atoms with van der Waals surface area (Å²) >= 11 is 0. The first-order valence-electron chi connectivity index (χ1n) is 8.12. The lowest BCUT2D eigenvalue weighted by atomic mass is 10.3. The lowest BCUT2D eigenvalue weighted by molar-refractivity contribution is 0.179. The zero-order valence-electron chi connectivity index (χ0n) is 14.7. The maximum absolute atomic E-state index is 12.7. The topological polar surface area (TPSA) is 80.6 Å². The van der Waals surface area contributed by atoms with E-state index in [0.717, 1.165) is 5.69 Å². The van der Waals surface area contributed by atoms with Gasteiger partial charge in [0.2, 0.25) is 5.88 Å². The van der Waals surface area contributed by atoms with Crippen molar-refractivity contribution < 1.29 is 13.2 Å². The Morgan fingerprint density at radius 3 is 2.48 bits per heavy atom. The minimum Gasteiger partial charge on any atom is -0.481 e. The molecule has 0 amide bonds. The average Bonchev–Trinajstić information content (AvgIpc) is 2.95. The highest BCUT2D eigenvalue weighted by atomic mass is 32.2. The fraction of sp³-hybridized carbons (Fsp3) is 0.500. The van der Waals surface area contributed by atoms with Gasteiger partial charge in [0.1, 0.15) is 5.82 Å². The summed E-state index contributed by atoms with van der Waals surface area (Å²) in [5.41, 5.74) is 0.913. The van der Waals surface area contributed by atoms with E-state index < -0.39 is 10.0 Å². The summed E-state index contributed by atoms with van der Waals surface area (Å²) in [5.74, 6) is 1.27. The molecule has 0 spiro atoms. The number of methoxy groups -OCH3 is 1. The number of piperazine rings is 1. The van der Waals surface area contributed by atoms with Crippen molar-refractivity contribution in [2.24, 2.45) is 7.05 Å². The van der Waals surface area contributed by atoms with Crippen molar-refractivity contribution in [1.82, 2.24) is 23.7 Å². The van der Waals surface area contributed by atoms with Crippen LogP contribution in [0.4, 0.5) is 0 Å². The third kappa shape index (κ3) is 3.83. The Bertz CT molecular complexity index is 822. The predicted octanol–water partition coefficient (Wildman–Crippen LogP) is 0.639. The Kier molecular flexibility index (Phi) is 5.07. The molecular formula is C16H23N5O3S. The van der Waals surface area contributed by atoms with Crippen molar-refractivity contribution in [2.45, 2.75) is 18.5 Å². The number of imidazole rings is 1. The zero-order valence-corrected chi connectivity index (χ0v) is 15.5. The molecule has 25 heavy (non-hydrogen) atoms. The summed E-state index contributed by atoms with van der Waals surface area (Å²) in [6.07, 6.45) is 1.57. The van der Waals surface area contributed by atoms with E-state index in [1.165, 1.54) is 4.31 Å². The monoisotopic (exact) mass is 365 g/mol. The maximum atomic E-state index is 12.7. The number of pyridine rings is 1. The fourth-order valence-corrected chi connectivity index (χ4v) is 4.25. The second kappa shape index (κ2) is 7.11. The predicted molar refractivity (Wildman–Crippen MR) is 92.8 cm³/mol. The van der Waals surface area contributed by atoms with Gasteiger partial charge in [0, 0.05) is 52.0 Å². The summed E-state index contributed by atoms with van der Waals surface area (Å²) in [6, 6.07) is 5.66. The van der Waals surface area contributed by atoms with Gasteiger partial charge in [-0.2, -0.15) is 4.31 Å². The maximum Gasteiger partial charge on any atom is 0.262 e. The number of hydrogen-bond donors (Lipinski definition) is 0. The van der Waals surface area contributed by atoms with Crippen LogP contribution in [-0.4, -0.2) is 65.4 Å². The number of aromatic nitrogens is 3. The number of nitrogens with zero attached hydrogens (tertiary/aromatic N) is 5. The van der Waals surface area contributed by atoms with E-state index >= 15 is 0 Å². The highest BCUT2D eigenvalue weighted by Gasteiger charge is 2.30. The van der Waals surface area contributed by atoms with Gasteiger partial charge < -0.3 is 9.30 Å². The van der Waals surface area contributed by atoms with Crippen molar-refractivity contribution in [3.05, 3.63) is 35.9 Å². The smallest absolute Gasteiger partial charge is 0.262 e. The minimum absolute atomic E-state index is 0.121. The van der Waals surface area contributed by atoms with Gasteiger partial charge >= 0.3 is 0 Å². The van der Waals surface area contributed by atoms with Crippen molar-refractivity contribution >= 4 is 10.0 Å². The molecule has 0 bridgehead atoms. The molecule has 0 radical (unpaired) electrons. The third-order valence-corrected chi connectivity index (χ3v) is 6.17. The van der Waals surface area contributed by atoms with Crippen molar-refractivity contribution in [3.63, 3.8) is 0 Å². The van der Waals surface area contributed by atoms with Crippen molar-refractivity contribution in [1.29, 1.82) is 0 Å². The quantitative estimate of drug-likeness (QED) is 0.774. The van der Waals surface area contributed by atoms with Gasteiger partial charge in [-0.25, -0.2) is 18.4 Å². The third-order valence-electron chi connectivity index (χ3n) is 4.40. The van der Waals surface area contributed by atoms with Crippen LogP contribution in [-0.2, 0) is 23.6 Å². The SMILES string of the molecule is COc1cccc(CN2CCN(S(=O)(=O)c3cn(C)c(C)n3)CC2)n1. The zero-order chi connectivity index (χ0) is 18.0. The fourth-order valence-electron chi connectivity index (χ4n) is 2.80. The van der Waals surface area contributed by atoms with Gasteiger partial charge in [-0.15, -0.1) is 0 Å². The number of ether oxygens (including phenoxy) is 1. The molecule has 2 aromatic heterocycles. The van der Waals surface area contributed by atoms with Crippen LogP contribution < -0.4 is 4.74 Å². The first-order chi connectivity index (χ1) is 11.9. The summed E-state index contributed by atoms with van der Waals surface area (Å²) in [5, 5.41) is 0.121. The number of rotatable bonds is 5. The summed E-state index contributed by atoms with van der Waals surface area (Å²) in [6.45, 7) is 4.67. The highest BCUT2D eigenvalue weighted by Crippen LogP contribution is 2.18. The molecule has 0 aromatic carbocycles. The highest BCUT2D eigenvalue weighted by molar-refractivity contribution is 7.89. The molecule has 0 aliphatic carbocycles. The Morgan fingerprint density at radius 2 is 1.88 bits per heavy atom. The van der Waals surface area contributed by atoms with Crippen LogP contribution in [0, 0.1) is 6.92 Å². The van der Waals surface area contributed by atoms with Crippen LogP contribution in [0.25, 0.3) is 0 Å². The number of sulfonamides is 1. The van der Waals surface area contributed by atoms with Crippen molar-refractivity contribution in [2.75, 3.05) is 33.3 Å².